The van der Waals surface area contributed by atoms with Crippen LogP contribution in [0.4, 0.5) is 0 Å². The van der Waals surface area contributed by atoms with Crippen molar-refractivity contribution >= 4 is 5.78 Å². The first-order valence-corrected chi connectivity index (χ1v) is 4.25. The van der Waals surface area contributed by atoms with E-state index in [-0.39, 0.29) is 0 Å². The Morgan fingerprint density at radius 1 is 1.55 bits per heavy atom. The van der Waals surface area contributed by atoms with Crippen molar-refractivity contribution in [2.75, 3.05) is 0 Å². The van der Waals surface area contributed by atoms with Crippen LogP contribution in [-0.2, 0) is 4.79 Å². The van der Waals surface area contributed by atoms with Gasteiger partial charge in [-0.25, -0.2) is 0 Å². The molecule has 2 atom stereocenters. The van der Waals surface area contributed by atoms with Crippen LogP contribution in [0.15, 0.2) is 12.2 Å². The van der Waals surface area contributed by atoms with Crippen molar-refractivity contribution in [3.63, 3.8) is 0 Å². The maximum atomic E-state index is 11.2. The number of fused-ring (bicyclic) bond motifs is 2. The third-order valence-corrected chi connectivity index (χ3v) is 3.68. The van der Waals surface area contributed by atoms with Gasteiger partial charge >= 0.3 is 0 Å². The van der Waals surface area contributed by atoms with Gasteiger partial charge in [0.15, 0.2) is 5.78 Å². The SMILES string of the molecule is C=C1C(=O)C[C@H]2C[C@H]1C2(C)C. The molecule has 0 amide bonds. The lowest BCUT2D eigenvalue weighted by molar-refractivity contribution is -0.129. The smallest absolute Gasteiger partial charge is 0.158 e. The van der Waals surface area contributed by atoms with Gasteiger partial charge in [-0.3, -0.25) is 4.79 Å². The van der Waals surface area contributed by atoms with Crippen LogP contribution in [0.5, 0.6) is 0 Å². The summed E-state index contributed by atoms with van der Waals surface area (Å²) in [6.07, 6.45) is 1.96. The molecule has 1 heteroatoms. The van der Waals surface area contributed by atoms with Crippen LogP contribution in [0.2, 0.25) is 0 Å². The Bertz CT molecular complexity index is 237. The van der Waals surface area contributed by atoms with Gasteiger partial charge in [0, 0.05) is 6.42 Å². The van der Waals surface area contributed by atoms with E-state index in [1.807, 2.05) is 0 Å². The maximum absolute atomic E-state index is 11.2. The number of rotatable bonds is 0. The number of ketones is 1. The van der Waals surface area contributed by atoms with E-state index >= 15 is 0 Å². The highest BCUT2D eigenvalue weighted by Crippen LogP contribution is 2.59. The molecule has 60 valence electrons. The summed E-state index contributed by atoms with van der Waals surface area (Å²) < 4.78 is 0. The molecule has 3 aliphatic rings. The fourth-order valence-electron chi connectivity index (χ4n) is 2.50. The van der Waals surface area contributed by atoms with E-state index in [1.54, 1.807) is 0 Å². The van der Waals surface area contributed by atoms with Crippen molar-refractivity contribution in [3.8, 4) is 0 Å². The normalized spacial score (nSPS) is 40.2. The summed E-state index contributed by atoms with van der Waals surface area (Å²) in [7, 11) is 0. The van der Waals surface area contributed by atoms with Crippen LogP contribution >= 0.6 is 0 Å². The summed E-state index contributed by atoms with van der Waals surface area (Å²) in [6, 6.07) is 0. The standard InChI is InChI=1S/C10H14O/c1-6-8-4-7(5-9(6)11)10(8,2)3/h7-8H,1,4-5H2,2-3H3/t7-,8-/m1/s1. The number of carbonyl (C=O) groups excluding carboxylic acids is 1. The zero-order valence-electron chi connectivity index (χ0n) is 7.18. The Kier molecular flexibility index (Phi) is 1.14. The second-order valence-electron chi connectivity index (χ2n) is 4.46. The molecular weight excluding hydrogens is 136 g/mol. The van der Waals surface area contributed by atoms with Crippen molar-refractivity contribution in [1.29, 1.82) is 0 Å². The van der Waals surface area contributed by atoms with E-state index < -0.39 is 0 Å². The average molecular weight is 150 g/mol. The lowest BCUT2D eigenvalue weighted by Crippen LogP contribution is -2.52. The molecule has 1 nitrogen and oxygen atoms in total. The van der Waals surface area contributed by atoms with Gasteiger partial charge in [0.2, 0.25) is 0 Å². The summed E-state index contributed by atoms with van der Waals surface area (Å²) in [4.78, 5) is 11.2. The molecule has 0 saturated heterocycles. The third kappa shape index (κ3) is 0.688. The molecule has 0 heterocycles. The summed E-state index contributed by atoms with van der Waals surface area (Å²) in [5, 5.41) is 0. The Labute approximate surface area is 67.5 Å². The number of hydrogen-bond donors (Lipinski definition) is 0. The predicted molar refractivity (Wildman–Crippen MR) is 44.1 cm³/mol. The topological polar surface area (TPSA) is 17.1 Å². The minimum absolute atomic E-state index is 0.311. The molecular formula is C10H14O. The van der Waals surface area contributed by atoms with E-state index in [2.05, 4.69) is 20.4 Å². The second-order valence-corrected chi connectivity index (χ2v) is 4.46. The van der Waals surface area contributed by atoms with Crippen LogP contribution in [0.3, 0.4) is 0 Å². The predicted octanol–water partition coefficient (Wildman–Crippen LogP) is 2.18. The molecule has 0 unspecified atom stereocenters. The van der Waals surface area contributed by atoms with Crippen LogP contribution < -0.4 is 0 Å². The van der Waals surface area contributed by atoms with Crippen molar-refractivity contribution in [2.45, 2.75) is 26.7 Å². The third-order valence-electron chi connectivity index (χ3n) is 3.68. The van der Waals surface area contributed by atoms with E-state index in [0.717, 1.165) is 12.0 Å². The molecule has 2 bridgehead atoms. The van der Waals surface area contributed by atoms with Gasteiger partial charge in [-0.05, 0) is 29.2 Å². The Morgan fingerprint density at radius 3 is 2.55 bits per heavy atom. The first-order chi connectivity index (χ1) is 5.03. The largest absolute Gasteiger partial charge is 0.295 e. The lowest BCUT2D eigenvalue weighted by Gasteiger charge is -2.56. The Balaban J connectivity index is 2.30. The summed E-state index contributed by atoms with van der Waals surface area (Å²) in [5.41, 5.74) is 1.25. The van der Waals surface area contributed by atoms with Crippen LogP contribution in [0, 0.1) is 17.3 Å². The highest BCUT2D eigenvalue weighted by Gasteiger charge is 2.54. The maximum Gasteiger partial charge on any atom is 0.158 e. The van der Waals surface area contributed by atoms with Gasteiger partial charge in [-0.2, -0.15) is 0 Å². The molecule has 0 radical (unpaired) electrons. The van der Waals surface area contributed by atoms with Gasteiger partial charge < -0.3 is 0 Å². The molecule has 3 rings (SSSR count). The number of Topliss-reactive ketones (excluding diaryl/α,β-unsaturated/α-hetero) is 1. The van der Waals surface area contributed by atoms with Gasteiger partial charge in [-0.15, -0.1) is 0 Å². The quantitative estimate of drug-likeness (QED) is 0.484. The van der Waals surface area contributed by atoms with Crippen molar-refractivity contribution in [3.05, 3.63) is 12.2 Å². The molecule has 0 aromatic rings. The molecule has 11 heavy (non-hydrogen) atoms. The van der Waals surface area contributed by atoms with Crippen LogP contribution in [-0.4, -0.2) is 5.78 Å². The molecule has 0 spiro atoms. The molecule has 0 N–H and O–H groups in total. The fourth-order valence-corrected chi connectivity index (χ4v) is 2.50. The molecule has 3 fully saturated rings. The van der Waals surface area contributed by atoms with Gasteiger partial charge in [-0.1, -0.05) is 20.4 Å². The zero-order valence-corrected chi connectivity index (χ0v) is 7.18. The zero-order chi connectivity index (χ0) is 8.22. The first kappa shape index (κ1) is 7.08. The summed E-state index contributed by atoms with van der Waals surface area (Å²) in [5.74, 6) is 1.45. The lowest BCUT2D eigenvalue weighted by atomic mass is 9.47. The summed E-state index contributed by atoms with van der Waals surface area (Å²) >= 11 is 0. The van der Waals surface area contributed by atoms with Crippen LogP contribution in [0.1, 0.15) is 26.7 Å². The van der Waals surface area contributed by atoms with Crippen molar-refractivity contribution in [1.82, 2.24) is 0 Å². The van der Waals surface area contributed by atoms with Gasteiger partial charge in [0.1, 0.15) is 0 Å². The molecule has 3 saturated carbocycles. The van der Waals surface area contributed by atoms with Gasteiger partial charge in [0.25, 0.3) is 0 Å². The molecule has 0 aliphatic heterocycles. The Hall–Kier alpha value is -0.590. The molecule has 0 aromatic heterocycles. The monoisotopic (exact) mass is 150 g/mol. The minimum atomic E-state index is 0.311. The Morgan fingerprint density at radius 2 is 2.18 bits per heavy atom. The van der Waals surface area contributed by atoms with E-state index in [0.29, 0.717) is 23.0 Å². The molecule has 3 aliphatic carbocycles. The fraction of sp³-hybridized carbons (Fsp3) is 0.700. The summed E-state index contributed by atoms with van der Waals surface area (Å²) in [6.45, 7) is 8.37. The first-order valence-electron chi connectivity index (χ1n) is 4.25. The van der Waals surface area contributed by atoms with Crippen molar-refractivity contribution < 1.29 is 4.79 Å². The van der Waals surface area contributed by atoms with Crippen molar-refractivity contribution in [2.24, 2.45) is 17.3 Å². The number of allylic oxidation sites excluding steroid dienone is 1. The average Bonchev–Trinajstić information content (AvgIpc) is 1.93. The molecule has 0 aromatic carbocycles. The van der Waals surface area contributed by atoms with E-state index in [1.165, 1.54) is 6.42 Å². The van der Waals surface area contributed by atoms with Crippen LogP contribution in [0.25, 0.3) is 0 Å². The minimum Gasteiger partial charge on any atom is -0.295 e. The second kappa shape index (κ2) is 1.77. The number of hydrogen-bond acceptors (Lipinski definition) is 1. The van der Waals surface area contributed by atoms with E-state index in [4.69, 9.17) is 0 Å². The highest BCUT2D eigenvalue weighted by atomic mass is 16.1. The van der Waals surface area contributed by atoms with Gasteiger partial charge in [0.05, 0.1) is 0 Å². The number of carbonyl (C=O) groups is 1. The van der Waals surface area contributed by atoms with E-state index in [9.17, 15) is 4.79 Å². The highest BCUT2D eigenvalue weighted by molar-refractivity contribution is 5.97.